The van der Waals surface area contributed by atoms with Crippen molar-refractivity contribution < 1.29 is 9.53 Å². The summed E-state index contributed by atoms with van der Waals surface area (Å²) in [5, 5.41) is 0. The van der Waals surface area contributed by atoms with Gasteiger partial charge in [0.1, 0.15) is 4.83 Å². The van der Waals surface area contributed by atoms with E-state index < -0.39 is 0 Å². The molecule has 2 atom stereocenters. The molecule has 0 N–H and O–H groups in total. The average molecular weight is 377 g/mol. The van der Waals surface area contributed by atoms with Gasteiger partial charge in [-0.3, -0.25) is 4.79 Å². The smallest absolute Gasteiger partial charge is 0.319 e. The number of ether oxygens (including phenoxy) is 1. The predicted octanol–water partition coefficient (Wildman–Crippen LogP) is 6.65. The molecule has 132 valence electrons. The summed E-state index contributed by atoms with van der Waals surface area (Å²) < 4.78 is 5.43. The number of halogens is 1. The van der Waals surface area contributed by atoms with Gasteiger partial charge in [-0.1, -0.05) is 94.0 Å². The van der Waals surface area contributed by atoms with Gasteiger partial charge in [0, 0.05) is 0 Å². The Morgan fingerprint density at radius 2 is 1.32 bits per heavy atom. The van der Waals surface area contributed by atoms with Crippen LogP contribution in [0.25, 0.3) is 0 Å². The molecule has 3 heteroatoms. The average Bonchev–Trinajstić information content (AvgIpc) is 2.51. The summed E-state index contributed by atoms with van der Waals surface area (Å²) in [7, 11) is 0. The molecule has 0 radical (unpaired) electrons. The number of alkyl halides is 1. The summed E-state index contributed by atoms with van der Waals surface area (Å²) in [6.07, 6.45) is 15.6. The highest BCUT2D eigenvalue weighted by Gasteiger charge is 2.14. The second-order valence-corrected chi connectivity index (χ2v) is 7.89. The van der Waals surface area contributed by atoms with Gasteiger partial charge in [0.2, 0.25) is 0 Å². The van der Waals surface area contributed by atoms with Crippen LogP contribution >= 0.6 is 15.9 Å². The lowest BCUT2D eigenvalue weighted by atomic mass is 9.95. The molecule has 0 aliphatic heterocycles. The Bertz CT molecular complexity index is 254. The molecule has 0 amide bonds. The van der Waals surface area contributed by atoms with Gasteiger partial charge in [-0.25, -0.2) is 0 Å². The summed E-state index contributed by atoms with van der Waals surface area (Å²) in [6, 6.07) is 0. The minimum atomic E-state index is -0.192. The second-order valence-electron chi connectivity index (χ2n) is 6.52. The zero-order valence-electron chi connectivity index (χ0n) is 15.0. The minimum Gasteiger partial charge on any atom is -0.465 e. The monoisotopic (exact) mass is 376 g/mol. The Morgan fingerprint density at radius 1 is 0.864 bits per heavy atom. The van der Waals surface area contributed by atoms with Gasteiger partial charge in [0.05, 0.1) is 6.61 Å². The van der Waals surface area contributed by atoms with Gasteiger partial charge >= 0.3 is 5.97 Å². The molecule has 0 fully saturated rings. The first-order valence-electron chi connectivity index (χ1n) is 9.42. The molecular formula is C19H37BrO2. The Hall–Kier alpha value is -0.0500. The van der Waals surface area contributed by atoms with Crippen LogP contribution in [-0.2, 0) is 9.53 Å². The first kappa shape index (κ1) is 21.9. The molecule has 0 saturated heterocycles. The maximum Gasteiger partial charge on any atom is 0.319 e. The SMILES string of the molecule is CCCCCCCCC(CCCCCC)COC(=O)C(C)Br. The third-order valence-corrected chi connectivity index (χ3v) is 4.59. The Balaban J connectivity index is 3.91. The van der Waals surface area contributed by atoms with Crippen molar-refractivity contribution in [2.75, 3.05) is 6.61 Å². The summed E-state index contributed by atoms with van der Waals surface area (Å²) in [6.45, 7) is 6.93. The highest BCUT2D eigenvalue weighted by atomic mass is 79.9. The first-order chi connectivity index (χ1) is 10.6. The zero-order chi connectivity index (χ0) is 16.6. The van der Waals surface area contributed by atoms with E-state index >= 15 is 0 Å². The van der Waals surface area contributed by atoms with Crippen LogP contribution in [0, 0.1) is 5.92 Å². The fourth-order valence-corrected chi connectivity index (χ4v) is 2.83. The normalized spacial score (nSPS) is 13.8. The van der Waals surface area contributed by atoms with Crippen molar-refractivity contribution in [3.8, 4) is 0 Å². The van der Waals surface area contributed by atoms with Crippen LogP contribution in [0.15, 0.2) is 0 Å². The van der Waals surface area contributed by atoms with Crippen LogP contribution in [0.4, 0.5) is 0 Å². The topological polar surface area (TPSA) is 26.3 Å². The molecule has 2 nitrogen and oxygen atoms in total. The number of carbonyl (C=O) groups is 1. The Kier molecular flexibility index (Phi) is 15.8. The molecule has 0 bridgehead atoms. The molecule has 0 aromatic carbocycles. The fraction of sp³-hybridized carbons (Fsp3) is 0.947. The molecule has 2 unspecified atom stereocenters. The lowest BCUT2D eigenvalue weighted by molar-refractivity contribution is -0.144. The number of hydrogen-bond acceptors (Lipinski definition) is 2. The maximum absolute atomic E-state index is 11.6. The molecule has 0 rings (SSSR count). The highest BCUT2D eigenvalue weighted by molar-refractivity contribution is 9.10. The van der Waals surface area contributed by atoms with Crippen molar-refractivity contribution >= 4 is 21.9 Å². The zero-order valence-corrected chi connectivity index (χ0v) is 16.6. The molecule has 0 aliphatic rings. The predicted molar refractivity (Wildman–Crippen MR) is 99.6 cm³/mol. The van der Waals surface area contributed by atoms with E-state index in [1.165, 1.54) is 77.0 Å². The van der Waals surface area contributed by atoms with Crippen LogP contribution in [0.2, 0.25) is 0 Å². The lowest BCUT2D eigenvalue weighted by Gasteiger charge is -2.17. The molecule has 22 heavy (non-hydrogen) atoms. The van der Waals surface area contributed by atoms with Gasteiger partial charge < -0.3 is 4.74 Å². The molecule has 0 saturated carbocycles. The van der Waals surface area contributed by atoms with E-state index in [0.29, 0.717) is 12.5 Å². The van der Waals surface area contributed by atoms with Gasteiger partial charge in [-0.15, -0.1) is 0 Å². The van der Waals surface area contributed by atoms with Crippen molar-refractivity contribution in [2.45, 2.75) is 103 Å². The van der Waals surface area contributed by atoms with Crippen molar-refractivity contribution in [1.29, 1.82) is 0 Å². The van der Waals surface area contributed by atoms with Gasteiger partial charge in [0.15, 0.2) is 0 Å². The molecular weight excluding hydrogens is 340 g/mol. The minimum absolute atomic E-state index is 0.124. The van der Waals surface area contributed by atoms with E-state index in [0.717, 1.165) is 0 Å². The maximum atomic E-state index is 11.6. The first-order valence-corrected chi connectivity index (χ1v) is 10.3. The van der Waals surface area contributed by atoms with E-state index in [4.69, 9.17) is 4.74 Å². The van der Waals surface area contributed by atoms with E-state index in [1.54, 1.807) is 0 Å². The Morgan fingerprint density at radius 3 is 1.82 bits per heavy atom. The van der Waals surface area contributed by atoms with Gasteiger partial charge in [-0.2, -0.15) is 0 Å². The van der Waals surface area contributed by atoms with Crippen LogP contribution in [0.1, 0.15) is 97.8 Å². The second kappa shape index (κ2) is 15.8. The lowest BCUT2D eigenvalue weighted by Crippen LogP contribution is -2.19. The number of hydrogen-bond donors (Lipinski definition) is 0. The standard InChI is InChI=1S/C19H37BrO2/c1-4-6-8-10-11-13-15-18(14-12-9-7-5-2)16-22-19(21)17(3)20/h17-18H,4-16H2,1-3H3. The molecule has 0 heterocycles. The van der Waals surface area contributed by atoms with Crippen molar-refractivity contribution in [3.63, 3.8) is 0 Å². The summed E-state index contributed by atoms with van der Waals surface area (Å²) in [5.74, 6) is 0.430. The molecule has 0 spiro atoms. The molecule has 0 aromatic rings. The quantitative estimate of drug-likeness (QED) is 0.181. The number of esters is 1. The summed E-state index contributed by atoms with van der Waals surface area (Å²) in [5.41, 5.74) is 0. The van der Waals surface area contributed by atoms with Gasteiger partial charge in [-0.05, 0) is 25.7 Å². The van der Waals surface area contributed by atoms with Crippen LogP contribution in [0.3, 0.4) is 0 Å². The number of unbranched alkanes of at least 4 members (excludes halogenated alkanes) is 8. The van der Waals surface area contributed by atoms with Crippen molar-refractivity contribution in [2.24, 2.45) is 5.92 Å². The van der Waals surface area contributed by atoms with E-state index in [-0.39, 0.29) is 10.8 Å². The highest BCUT2D eigenvalue weighted by Crippen LogP contribution is 2.20. The Labute approximate surface area is 146 Å². The molecule has 0 aliphatic carbocycles. The van der Waals surface area contributed by atoms with Crippen molar-refractivity contribution in [3.05, 3.63) is 0 Å². The molecule has 0 aromatic heterocycles. The largest absolute Gasteiger partial charge is 0.465 e. The van der Waals surface area contributed by atoms with Crippen LogP contribution in [-0.4, -0.2) is 17.4 Å². The third kappa shape index (κ3) is 13.6. The number of rotatable bonds is 15. The summed E-state index contributed by atoms with van der Waals surface area (Å²) in [4.78, 5) is 11.4. The van der Waals surface area contributed by atoms with E-state index in [1.807, 2.05) is 6.92 Å². The number of carbonyl (C=O) groups excluding carboxylic acids is 1. The van der Waals surface area contributed by atoms with E-state index in [9.17, 15) is 4.79 Å². The van der Waals surface area contributed by atoms with Gasteiger partial charge in [0.25, 0.3) is 0 Å². The van der Waals surface area contributed by atoms with Crippen LogP contribution < -0.4 is 0 Å². The van der Waals surface area contributed by atoms with Crippen molar-refractivity contribution in [1.82, 2.24) is 0 Å². The van der Waals surface area contributed by atoms with Crippen LogP contribution in [0.5, 0.6) is 0 Å². The summed E-state index contributed by atoms with van der Waals surface area (Å²) >= 11 is 3.28. The third-order valence-electron chi connectivity index (χ3n) is 4.22. The van der Waals surface area contributed by atoms with E-state index in [2.05, 4.69) is 29.8 Å². The fourth-order valence-electron chi connectivity index (χ4n) is 2.70.